The van der Waals surface area contributed by atoms with Gasteiger partial charge in [-0.05, 0) is 37.1 Å². The maximum Gasteiger partial charge on any atom is 0.321 e. The normalized spacial score (nSPS) is 15.2. The molecule has 1 aliphatic rings. The van der Waals surface area contributed by atoms with Crippen molar-refractivity contribution in [3.8, 4) is 0 Å². The Labute approximate surface area is 138 Å². The lowest BCUT2D eigenvalue weighted by molar-refractivity contribution is 0.197. The van der Waals surface area contributed by atoms with E-state index < -0.39 is 11.6 Å². The molecule has 0 atom stereocenters. The molecule has 1 saturated heterocycles. The molecule has 3 rings (SSSR count). The molecule has 2 N–H and O–H groups in total. The predicted octanol–water partition coefficient (Wildman–Crippen LogP) is 3.47. The summed E-state index contributed by atoms with van der Waals surface area (Å²) in [4.78, 5) is 17.9. The van der Waals surface area contributed by atoms with E-state index in [2.05, 4.69) is 15.6 Å². The SMILES string of the molecule is O=C(Nc1ccc(F)cc1F)N1CCC(Nc2cccnc2)CC1. The third kappa shape index (κ3) is 3.98. The summed E-state index contributed by atoms with van der Waals surface area (Å²) in [6, 6.07) is 6.79. The van der Waals surface area contributed by atoms with E-state index in [1.54, 1.807) is 17.3 Å². The van der Waals surface area contributed by atoms with Gasteiger partial charge in [0.2, 0.25) is 0 Å². The number of halogens is 2. The van der Waals surface area contributed by atoms with Gasteiger partial charge in [-0.3, -0.25) is 4.98 Å². The van der Waals surface area contributed by atoms with Gasteiger partial charge in [-0.1, -0.05) is 0 Å². The number of hydrogen-bond acceptors (Lipinski definition) is 3. The number of carbonyl (C=O) groups is 1. The van der Waals surface area contributed by atoms with Gasteiger partial charge in [0.15, 0.2) is 0 Å². The molecule has 7 heteroatoms. The maximum atomic E-state index is 13.6. The van der Waals surface area contributed by atoms with Crippen molar-refractivity contribution in [1.82, 2.24) is 9.88 Å². The fraction of sp³-hybridized carbons (Fsp3) is 0.294. The molecule has 2 aromatic rings. The van der Waals surface area contributed by atoms with Gasteiger partial charge in [0.25, 0.3) is 0 Å². The summed E-state index contributed by atoms with van der Waals surface area (Å²) in [5.74, 6) is -1.45. The molecule has 1 fully saturated rings. The molecule has 1 aliphatic heterocycles. The van der Waals surface area contributed by atoms with Crippen LogP contribution in [0.25, 0.3) is 0 Å². The van der Waals surface area contributed by atoms with Crippen LogP contribution in [0.5, 0.6) is 0 Å². The fourth-order valence-electron chi connectivity index (χ4n) is 2.70. The van der Waals surface area contributed by atoms with Crippen molar-refractivity contribution in [3.05, 3.63) is 54.4 Å². The average molecular weight is 332 g/mol. The van der Waals surface area contributed by atoms with Crippen LogP contribution in [0, 0.1) is 11.6 Å². The smallest absolute Gasteiger partial charge is 0.321 e. The van der Waals surface area contributed by atoms with Crippen molar-refractivity contribution in [3.63, 3.8) is 0 Å². The minimum absolute atomic E-state index is 0.0167. The number of likely N-dealkylation sites (tertiary alicyclic amines) is 1. The molecule has 1 aromatic heterocycles. The van der Waals surface area contributed by atoms with E-state index in [1.807, 2.05) is 12.1 Å². The van der Waals surface area contributed by atoms with Crippen LogP contribution < -0.4 is 10.6 Å². The molecular formula is C17H18F2N4O. The summed E-state index contributed by atoms with van der Waals surface area (Å²) in [7, 11) is 0. The molecule has 0 bridgehead atoms. The van der Waals surface area contributed by atoms with Crippen molar-refractivity contribution in [2.24, 2.45) is 0 Å². The lowest BCUT2D eigenvalue weighted by Gasteiger charge is -2.32. The Morgan fingerprint density at radius 2 is 2.00 bits per heavy atom. The van der Waals surface area contributed by atoms with Crippen LogP contribution in [0.3, 0.4) is 0 Å². The summed E-state index contributed by atoms with van der Waals surface area (Å²) in [6.45, 7) is 1.12. The quantitative estimate of drug-likeness (QED) is 0.905. The number of rotatable bonds is 3. The number of pyridine rings is 1. The van der Waals surface area contributed by atoms with E-state index in [1.165, 1.54) is 6.07 Å². The first-order chi connectivity index (χ1) is 11.6. The second-order valence-electron chi connectivity index (χ2n) is 5.70. The number of urea groups is 1. The van der Waals surface area contributed by atoms with Gasteiger partial charge in [0.1, 0.15) is 11.6 Å². The standard InChI is InChI=1S/C17H18F2N4O/c18-12-3-4-16(15(19)10-12)22-17(24)23-8-5-13(6-9-23)21-14-2-1-7-20-11-14/h1-4,7,10-11,13,21H,5-6,8-9H2,(H,22,24). The first-order valence-electron chi connectivity index (χ1n) is 7.79. The number of amides is 2. The van der Waals surface area contributed by atoms with Gasteiger partial charge in [0.05, 0.1) is 11.4 Å². The number of carbonyl (C=O) groups excluding carboxylic acids is 1. The van der Waals surface area contributed by atoms with Crippen LogP contribution in [0.1, 0.15) is 12.8 Å². The Morgan fingerprint density at radius 3 is 2.67 bits per heavy atom. The van der Waals surface area contributed by atoms with E-state index in [0.29, 0.717) is 13.1 Å². The first-order valence-corrected chi connectivity index (χ1v) is 7.79. The molecule has 0 unspecified atom stereocenters. The zero-order chi connectivity index (χ0) is 16.9. The Hall–Kier alpha value is -2.70. The molecule has 5 nitrogen and oxygen atoms in total. The van der Waals surface area contributed by atoms with Crippen molar-refractivity contribution < 1.29 is 13.6 Å². The van der Waals surface area contributed by atoms with Gasteiger partial charge in [-0.2, -0.15) is 0 Å². The summed E-state index contributed by atoms with van der Waals surface area (Å²) < 4.78 is 26.5. The fourth-order valence-corrected chi connectivity index (χ4v) is 2.70. The lowest BCUT2D eigenvalue weighted by atomic mass is 10.1. The average Bonchev–Trinajstić information content (AvgIpc) is 2.59. The van der Waals surface area contributed by atoms with Crippen LogP contribution in [0.15, 0.2) is 42.7 Å². The Morgan fingerprint density at radius 1 is 1.21 bits per heavy atom. The monoisotopic (exact) mass is 332 g/mol. The summed E-state index contributed by atoms with van der Waals surface area (Å²) >= 11 is 0. The second-order valence-corrected chi connectivity index (χ2v) is 5.70. The molecule has 1 aromatic carbocycles. The number of nitrogens with one attached hydrogen (secondary N) is 2. The van der Waals surface area contributed by atoms with Crippen molar-refractivity contribution in [2.75, 3.05) is 23.7 Å². The lowest BCUT2D eigenvalue weighted by Crippen LogP contribution is -2.44. The van der Waals surface area contributed by atoms with Gasteiger partial charge in [-0.15, -0.1) is 0 Å². The molecule has 24 heavy (non-hydrogen) atoms. The van der Waals surface area contributed by atoms with Gasteiger partial charge < -0.3 is 15.5 Å². The van der Waals surface area contributed by atoms with E-state index >= 15 is 0 Å². The minimum atomic E-state index is -0.781. The highest BCUT2D eigenvalue weighted by Crippen LogP contribution is 2.19. The first kappa shape index (κ1) is 16.2. The summed E-state index contributed by atoms with van der Waals surface area (Å²) in [6.07, 6.45) is 5.05. The number of aromatic nitrogens is 1. The molecular weight excluding hydrogens is 314 g/mol. The topological polar surface area (TPSA) is 57.3 Å². The zero-order valence-corrected chi connectivity index (χ0v) is 13.0. The Kier molecular flexibility index (Phi) is 4.88. The number of anilines is 2. The third-order valence-corrected chi connectivity index (χ3v) is 3.99. The Bertz CT molecular complexity index is 703. The number of benzene rings is 1. The molecule has 126 valence electrons. The minimum Gasteiger partial charge on any atom is -0.381 e. The Balaban J connectivity index is 1.51. The maximum absolute atomic E-state index is 13.6. The number of nitrogens with zero attached hydrogens (tertiary/aromatic N) is 2. The van der Waals surface area contributed by atoms with E-state index in [9.17, 15) is 13.6 Å². The van der Waals surface area contributed by atoms with Crippen LogP contribution >= 0.6 is 0 Å². The molecule has 0 aliphatic carbocycles. The predicted molar refractivity (Wildman–Crippen MR) is 87.8 cm³/mol. The van der Waals surface area contributed by atoms with Gasteiger partial charge >= 0.3 is 6.03 Å². The highest BCUT2D eigenvalue weighted by Gasteiger charge is 2.23. The number of piperidine rings is 1. The summed E-state index contributed by atoms with van der Waals surface area (Å²) in [5.41, 5.74) is 0.936. The van der Waals surface area contributed by atoms with Crippen LogP contribution in [-0.2, 0) is 0 Å². The van der Waals surface area contributed by atoms with Crippen LogP contribution in [-0.4, -0.2) is 35.0 Å². The molecule has 0 saturated carbocycles. The summed E-state index contributed by atoms with van der Waals surface area (Å²) in [5, 5.41) is 5.87. The van der Waals surface area contributed by atoms with Crippen LogP contribution in [0.4, 0.5) is 25.0 Å². The van der Waals surface area contributed by atoms with Gasteiger partial charge in [0, 0.05) is 37.6 Å². The molecule has 0 spiro atoms. The number of hydrogen-bond donors (Lipinski definition) is 2. The van der Waals surface area contributed by atoms with Gasteiger partial charge in [-0.25, -0.2) is 13.6 Å². The van der Waals surface area contributed by atoms with E-state index in [0.717, 1.165) is 30.7 Å². The third-order valence-electron chi connectivity index (χ3n) is 3.99. The van der Waals surface area contributed by atoms with E-state index in [-0.39, 0.29) is 17.8 Å². The van der Waals surface area contributed by atoms with Crippen molar-refractivity contribution in [1.29, 1.82) is 0 Å². The second kappa shape index (κ2) is 7.25. The zero-order valence-electron chi connectivity index (χ0n) is 13.0. The molecule has 2 heterocycles. The highest BCUT2D eigenvalue weighted by molar-refractivity contribution is 5.89. The van der Waals surface area contributed by atoms with Crippen LogP contribution in [0.2, 0.25) is 0 Å². The van der Waals surface area contributed by atoms with E-state index in [4.69, 9.17) is 0 Å². The molecule has 0 radical (unpaired) electrons. The van der Waals surface area contributed by atoms with Crippen molar-refractivity contribution in [2.45, 2.75) is 18.9 Å². The van der Waals surface area contributed by atoms with Crippen molar-refractivity contribution >= 4 is 17.4 Å². The highest BCUT2D eigenvalue weighted by atomic mass is 19.1. The molecule has 2 amide bonds. The largest absolute Gasteiger partial charge is 0.381 e.